The van der Waals surface area contributed by atoms with Gasteiger partial charge in [0.25, 0.3) is 11.8 Å². The van der Waals surface area contributed by atoms with E-state index in [2.05, 4.69) is 11.4 Å². The van der Waals surface area contributed by atoms with Gasteiger partial charge >= 0.3 is 6.03 Å². The molecule has 1 fully saturated rings. The normalized spacial score (nSPS) is 14.4. The van der Waals surface area contributed by atoms with Gasteiger partial charge in [0.05, 0.1) is 29.5 Å². The standard InChI is InChI=1S/C27H19Cl2N3O5/c1-15-7-8-19(12-21(15)28)32-26(34)20(25(33)31-27(32)35)9-16-10-22(29)24(23(11-16)36-2)37-14-18-6-4-3-5-17(18)13-30/h3-12H,14H2,1-2H3,(H,31,33,35)/b20-9-. The van der Waals surface area contributed by atoms with Gasteiger partial charge in [-0.3, -0.25) is 14.9 Å². The van der Waals surface area contributed by atoms with Crippen LogP contribution in [0.15, 0.2) is 60.2 Å². The molecule has 0 aromatic heterocycles. The Morgan fingerprint density at radius 1 is 1.05 bits per heavy atom. The number of barbiturate groups is 1. The first kappa shape index (κ1) is 25.8. The minimum absolute atomic E-state index is 0.0668. The Morgan fingerprint density at radius 3 is 2.51 bits per heavy atom. The first-order chi connectivity index (χ1) is 17.7. The predicted molar refractivity (Wildman–Crippen MR) is 139 cm³/mol. The summed E-state index contributed by atoms with van der Waals surface area (Å²) in [5.74, 6) is -1.20. The molecular weight excluding hydrogens is 517 g/mol. The highest BCUT2D eigenvalue weighted by molar-refractivity contribution is 6.39. The zero-order valence-corrected chi connectivity index (χ0v) is 21.2. The summed E-state index contributed by atoms with van der Waals surface area (Å²) in [6.07, 6.45) is 1.30. The van der Waals surface area contributed by atoms with Crippen LogP contribution in [0.1, 0.15) is 22.3 Å². The first-order valence-corrected chi connectivity index (χ1v) is 11.6. The van der Waals surface area contributed by atoms with E-state index in [1.165, 1.54) is 31.4 Å². The molecule has 1 aliphatic heterocycles. The summed E-state index contributed by atoms with van der Waals surface area (Å²) in [6.45, 7) is 1.85. The van der Waals surface area contributed by atoms with E-state index in [1.54, 1.807) is 43.3 Å². The van der Waals surface area contributed by atoms with E-state index >= 15 is 0 Å². The van der Waals surface area contributed by atoms with Crippen LogP contribution in [-0.4, -0.2) is 25.0 Å². The second-order valence-electron chi connectivity index (χ2n) is 7.98. The van der Waals surface area contributed by atoms with Gasteiger partial charge in [0.1, 0.15) is 12.2 Å². The number of nitriles is 1. The number of anilines is 1. The molecule has 1 heterocycles. The number of carbonyl (C=O) groups excluding carboxylic acids is 3. The highest BCUT2D eigenvalue weighted by Gasteiger charge is 2.37. The van der Waals surface area contributed by atoms with Crippen molar-refractivity contribution in [2.75, 3.05) is 12.0 Å². The van der Waals surface area contributed by atoms with Gasteiger partial charge in [-0.05, 0) is 54.5 Å². The molecular formula is C27H19Cl2N3O5. The molecule has 37 heavy (non-hydrogen) atoms. The Labute approximate surface area is 222 Å². The third kappa shape index (κ3) is 5.28. The molecule has 186 valence electrons. The Balaban J connectivity index is 1.66. The maximum Gasteiger partial charge on any atom is 0.335 e. The molecule has 1 saturated heterocycles. The lowest BCUT2D eigenvalue weighted by molar-refractivity contribution is -0.122. The van der Waals surface area contributed by atoms with Gasteiger partial charge in [-0.25, -0.2) is 9.69 Å². The Hall–Kier alpha value is -4.32. The lowest BCUT2D eigenvalue weighted by atomic mass is 10.1. The van der Waals surface area contributed by atoms with E-state index in [0.29, 0.717) is 21.7 Å². The lowest BCUT2D eigenvalue weighted by Crippen LogP contribution is -2.54. The number of hydrogen-bond acceptors (Lipinski definition) is 6. The van der Waals surface area contributed by atoms with Gasteiger partial charge in [-0.2, -0.15) is 5.26 Å². The van der Waals surface area contributed by atoms with E-state index in [9.17, 15) is 19.6 Å². The summed E-state index contributed by atoms with van der Waals surface area (Å²) >= 11 is 12.6. The number of nitrogens with zero attached hydrogens (tertiary/aromatic N) is 2. The Morgan fingerprint density at radius 2 is 1.81 bits per heavy atom. The number of aryl methyl sites for hydroxylation is 1. The lowest BCUT2D eigenvalue weighted by Gasteiger charge is -2.26. The van der Waals surface area contributed by atoms with Gasteiger partial charge in [-0.1, -0.05) is 47.5 Å². The molecule has 0 spiro atoms. The third-order valence-electron chi connectivity index (χ3n) is 5.59. The topological polar surface area (TPSA) is 109 Å². The summed E-state index contributed by atoms with van der Waals surface area (Å²) in [4.78, 5) is 39.0. The highest BCUT2D eigenvalue weighted by atomic mass is 35.5. The van der Waals surface area contributed by atoms with Crippen molar-refractivity contribution in [2.24, 2.45) is 0 Å². The molecule has 1 aliphatic rings. The number of rotatable bonds is 6. The molecule has 8 nitrogen and oxygen atoms in total. The summed E-state index contributed by atoms with van der Waals surface area (Å²) in [5, 5.41) is 12.0. The van der Waals surface area contributed by atoms with Crippen molar-refractivity contribution in [3.63, 3.8) is 0 Å². The second kappa shape index (κ2) is 10.7. The third-order valence-corrected chi connectivity index (χ3v) is 6.28. The zero-order chi connectivity index (χ0) is 26.7. The Kier molecular flexibility index (Phi) is 7.48. The zero-order valence-electron chi connectivity index (χ0n) is 19.7. The average molecular weight is 536 g/mol. The van der Waals surface area contributed by atoms with Crippen LogP contribution in [0.3, 0.4) is 0 Å². The molecule has 3 aromatic carbocycles. The number of imide groups is 2. The fourth-order valence-electron chi connectivity index (χ4n) is 3.65. The van der Waals surface area contributed by atoms with Gasteiger partial charge in [0.2, 0.25) is 0 Å². The number of urea groups is 1. The SMILES string of the molecule is COc1cc(/C=C2/C(=O)NC(=O)N(c3ccc(C)c(Cl)c3)C2=O)cc(Cl)c1OCc1ccccc1C#N. The highest BCUT2D eigenvalue weighted by Crippen LogP contribution is 2.38. The van der Waals surface area contributed by atoms with Gasteiger partial charge in [0, 0.05) is 10.6 Å². The first-order valence-electron chi connectivity index (χ1n) is 10.9. The van der Waals surface area contributed by atoms with Crippen LogP contribution >= 0.6 is 23.2 Å². The smallest absolute Gasteiger partial charge is 0.335 e. The van der Waals surface area contributed by atoms with Gasteiger partial charge < -0.3 is 9.47 Å². The molecule has 1 N–H and O–H groups in total. The second-order valence-corrected chi connectivity index (χ2v) is 8.80. The maximum absolute atomic E-state index is 13.2. The molecule has 0 saturated carbocycles. The van der Waals surface area contributed by atoms with Crippen molar-refractivity contribution in [2.45, 2.75) is 13.5 Å². The van der Waals surface area contributed by atoms with E-state index < -0.39 is 17.8 Å². The molecule has 0 aliphatic carbocycles. The van der Waals surface area contributed by atoms with E-state index in [4.69, 9.17) is 32.7 Å². The molecule has 0 unspecified atom stereocenters. The van der Waals surface area contributed by atoms with Gasteiger partial charge in [-0.15, -0.1) is 0 Å². The fourth-order valence-corrected chi connectivity index (χ4v) is 4.10. The van der Waals surface area contributed by atoms with Crippen LogP contribution in [0.25, 0.3) is 6.08 Å². The number of benzene rings is 3. The number of nitrogens with one attached hydrogen (secondary N) is 1. The fraction of sp³-hybridized carbons (Fsp3) is 0.111. The number of hydrogen-bond donors (Lipinski definition) is 1. The average Bonchev–Trinajstić information content (AvgIpc) is 2.87. The van der Waals surface area contributed by atoms with E-state index in [0.717, 1.165) is 10.5 Å². The molecule has 0 atom stereocenters. The minimum atomic E-state index is -0.885. The van der Waals surface area contributed by atoms with Crippen LogP contribution in [-0.2, 0) is 16.2 Å². The summed E-state index contributed by atoms with van der Waals surface area (Å²) < 4.78 is 11.3. The van der Waals surface area contributed by atoms with Crippen molar-refractivity contribution in [3.05, 3.63) is 92.5 Å². The summed E-state index contributed by atoms with van der Waals surface area (Å²) in [6, 6.07) is 15.9. The van der Waals surface area contributed by atoms with Crippen LogP contribution in [0.2, 0.25) is 10.0 Å². The number of methoxy groups -OCH3 is 1. The monoisotopic (exact) mass is 535 g/mol. The minimum Gasteiger partial charge on any atom is -0.493 e. The number of amides is 4. The maximum atomic E-state index is 13.2. The van der Waals surface area contributed by atoms with Crippen molar-refractivity contribution >= 4 is 52.8 Å². The molecule has 0 bridgehead atoms. The quantitative estimate of drug-likeness (QED) is 0.333. The summed E-state index contributed by atoms with van der Waals surface area (Å²) in [7, 11) is 1.42. The summed E-state index contributed by atoms with van der Waals surface area (Å²) in [5.41, 5.74) is 2.19. The van der Waals surface area contributed by atoms with E-state index in [-0.39, 0.29) is 34.4 Å². The van der Waals surface area contributed by atoms with Crippen LogP contribution in [0, 0.1) is 18.3 Å². The molecule has 4 rings (SSSR count). The van der Waals surface area contributed by atoms with Crippen LogP contribution in [0.4, 0.5) is 10.5 Å². The molecule has 3 aromatic rings. The predicted octanol–water partition coefficient (Wildman–Crippen LogP) is 5.43. The molecule has 10 heteroatoms. The van der Waals surface area contributed by atoms with Crippen molar-refractivity contribution < 1.29 is 23.9 Å². The molecule has 0 radical (unpaired) electrons. The van der Waals surface area contributed by atoms with Crippen molar-refractivity contribution in [1.82, 2.24) is 5.32 Å². The van der Waals surface area contributed by atoms with E-state index in [1.807, 2.05) is 0 Å². The van der Waals surface area contributed by atoms with Crippen molar-refractivity contribution in [1.29, 1.82) is 5.26 Å². The molecule has 4 amide bonds. The number of halogens is 2. The van der Waals surface area contributed by atoms with Crippen LogP contribution in [0.5, 0.6) is 11.5 Å². The number of carbonyl (C=O) groups is 3. The van der Waals surface area contributed by atoms with Crippen LogP contribution < -0.4 is 19.7 Å². The van der Waals surface area contributed by atoms with Crippen molar-refractivity contribution in [3.8, 4) is 17.6 Å². The largest absolute Gasteiger partial charge is 0.493 e. The van der Waals surface area contributed by atoms with Gasteiger partial charge in [0.15, 0.2) is 11.5 Å². The number of ether oxygens (including phenoxy) is 2. The Bertz CT molecular complexity index is 1510.